The number of ether oxygens (including phenoxy) is 1. The second-order valence-corrected chi connectivity index (χ2v) is 16.2. The predicted octanol–water partition coefficient (Wildman–Crippen LogP) is -2.32. The molecule has 0 bridgehead atoms. The molecular weight excluding hydrogens is 955 g/mol. The van der Waals surface area contributed by atoms with Gasteiger partial charge in [-0.2, -0.15) is 53.6 Å². The molecule has 7 rings (SSSR count). The van der Waals surface area contributed by atoms with Gasteiger partial charge in [0.2, 0.25) is 11.9 Å². The van der Waals surface area contributed by atoms with Gasteiger partial charge in [-0.05, 0) is 97.9 Å². The average molecular weight is 988 g/mol. The normalized spacial score (nSPS) is 11.3. The molecular formula is C43H33N11Na4O8S2. The maximum atomic E-state index is 12.1. The van der Waals surface area contributed by atoms with Gasteiger partial charge in [-0.25, -0.2) is 21.9 Å². The maximum Gasteiger partial charge on any atom is 1.00 e. The number of aliphatic hydroxyl groups excluding tert-OH is 1. The first-order valence-corrected chi connectivity index (χ1v) is 21.7. The summed E-state index contributed by atoms with van der Waals surface area (Å²) in [6.45, 7) is 3.34. The smallest absolute Gasteiger partial charge is 0.744 e. The molecule has 0 saturated carbocycles. The number of rotatable bonds is 16. The molecule has 6 aromatic carbocycles. The van der Waals surface area contributed by atoms with Gasteiger partial charge in [-0.15, -0.1) is 47.1 Å². The fourth-order valence-electron chi connectivity index (χ4n) is 5.77. The van der Waals surface area contributed by atoms with Crippen molar-refractivity contribution in [2.45, 2.75) is 23.6 Å². The number of anilines is 4. The molecule has 1 heterocycles. The molecule has 1 aromatic heterocycles. The predicted molar refractivity (Wildman–Crippen MR) is 232 cm³/mol. The van der Waals surface area contributed by atoms with Gasteiger partial charge in [0.15, 0.2) is 0 Å². The van der Waals surface area contributed by atoms with Crippen molar-refractivity contribution in [3.8, 4) is 17.1 Å². The molecule has 3 N–H and O–H groups in total. The van der Waals surface area contributed by atoms with Gasteiger partial charge in [-0.1, -0.05) is 17.2 Å². The van der Waals surface area contributed by atoms with Crippen LogP contribution < -0.4 is 134 Å². The molecule has 0 aliphatic rings. The molecule has 0 spiro atoms. The summed E-state index contributed by atoms with van der Waals surface area (Å²) in [4.78, 5) is 12.2. The van der Waals surface area contributed by atoms with Crippen LogP contribution in [0.2, 0.25) is 0 Å². The van der Waals surface area contributed by atoms with Gasteiger partial charge in [-0.3, -0.25) is 0 Å². The van der Waals surface area contributed by atoms with Crippen LogP contribution in [0.1, 0.15) is 11.1 Å². The molecule has 7 aromatic rings. The van der Waals surface area contributed by atoms with Crippen LogP contribution in [-0.4, -0.2) is 59.2 Å². The van der Waals surface area contributed by atoms with Crippen molar-refractivity contribution >= 4 is 77.6 Å². The molecule has 0 saturated heterocycles. The van der Waals surface area contributed by atoms with Crippen molar-refractivity contribution in [3.05, 3.63) is 145 Å². The quantitative estimate of drug-likeness (QED) is 0.0398. The first-order valence-electron chi connectivity index (χ1n) is 18.8. The number of nitrogens with zero attached hydrogens (tertiary/aromatic N) is 9. The summed E-state index contributed by atoms with van der Waals surface area (Å²) in [7, 11) is -9.51. The van der Waals surface area contributed by atoms with Crippen molar-refractivity contribution in [2.24, 2.45) is 30.7 Å². The zero-order valence-corrected chi connectivity index (χ0v) is 47.2. The molecule has 0 aliphatic heterocycles. The second-order valence-electron chi connectivity index (χ2n) is 13.5. The van der Waals surface area contributed by atoms with Crippen molar-refractivity contribution in [1.82, 2.24) is 15.0 Å². The number of aromatic nitrogens is 3. The number of hydrogen-bond donors (Lipinski definition) is 3. The number of hydrogen-bond acceptors (Lipinski definition) is 19. The van der Waals surface area contributed by atoms with E-state index >= 15 is 0 Å². The largest absolute Gasteiger partial charge is 1.00 e. The Labute approximate surface area is 480 Å². The minimum absolute atomic E-state index is 0. The van der Waals surface area contributed by atoms with E-state index in [-0.39, 0.29) is 166 Å². The van der Waals surface area contributed by atoms with Crippen LogP contribution in [-0.2, 0) is 20.2 Å². The number of azo groups is 3. The summed E-state index contributed by atoms with van der Waals surface area (Å²) in [5.74, 6) is 0.251. The van der Waals surface area contributed by atoms with E-state index in [0.29, 0.717) is 39.7 Å². The summed E-state index contributed by atoms with van der Waals surface area (Å²) < 4.78 is 75.4. The summed E-state index contributed by atoms with van der Waals surface area (Å²) in [5.41, 5.74) is 6.14. The topological polar surface area (TPSA) is 281 Å². The Kier molecular flexibility index (Phi) is 23.3. The zero-order chi connectivity index (χ0) is 45.3. The molecule has 0 fully saturated rings. The number of aryl methyl sites for hydroxylation is 2. The van der Waals surface area contributed by atoms with Crippen LogP contribution in [0.15, 0.2) is 162 Å². The first kappa shape index (κ1) is 58.6. The second kappa shape index (κ2) is 27.1. The summed E-state index contributed by atoms with van der Waals surface area (Å²) in [5, 5.41) is 40.2. The summed E-state index contributed by atoms with van der Waals surface area (Å²) in [6.07, 6.45) is 0. The van der Waals surface area contributed by atoms with Crippen LogP contribution >= 0.6 is 0 Å². The average Bonchev–Trinajstić information content (AvgIpc) is 3.27. The van der Waals surface area contributed by atoms with Gasteiger partial charge in [0, 0.05) is 17.1 Å². The van der Waals surface area contributed by atoms with Gasteiger partial charge < -0.3 is 29.6 Å². The van der Waals surface area contributed by atoms with Gasteiger partial charge in [0.25, 0.3) is 0 Å². The Hall–Kier alpha value is -3.69. The molecule has 68 heavy (non-hydrogen) atoms. The van der Waals surface area contributed by atoms with Crippen LogP contribution in [0.25, 0.3) is 11.1 Å². The Balaban J connectivity index is 0.00000306. The minimum Gasteiger partial charge on any atom is -0.744 e. The van der Waals surface area contributed by atoms with E-state index in [9.17, 15) is 31.0 Å². The fourth-order valence-corrected chi connectivity index (χ4v) is 6.87. The molecule has 324 valence electrons. The molecule has 19 nitrogen and oxygen atoms in total. The summed E-state index contributed by atoms with van der Waals surface area (Å²) >= 11 is 0. The monoisotopic (exact) mass is 987 g/mol. The van der Waals surface area contributed by atoms with E-state index in [0.717, 1.165) is 22.8 Å². The molecule has 25 heteroatoms. The van der Waals surface area contributed by atoms with Crippen molar-refractivity contribution in [3.63, 3.8) is 0 Å². The van der Waals surface area contributed by atoms with Crippen LogP contribution in [0, 0.1) is 26.0 Å². The van der Waals surface area contributed by atoms with Gasteiger partial charge in [0.05, 0.1) is 33.5 Å². The van der Waals surface area contributed by atoms with Crippen LogP contribution in [0.4, 0.5) is 57.4 Å². The molecule has 0 radical (unpaired) electrons. The standard InChI is InChI=1S/C43H35N11O8S2.4Na/c1-27-24-33(14-19-37(27)29-8-10-31(11-9-29)50-51-32-12-17-36(18-13-32)63(56,57)58)44-41-46-42(48-43(47-41)62-23-22-55)45-34-15-20-38(28(2)25-34)53-54-39-21-16-35(26-40(39)64(59,60)61)52-49-30-6-4-3-5-7-30;;;;/h4-8,10-21,24-26,55H,22-23H2,1-2H3,(H,56,57,58)(H,59,60,61)(H2,44,45,46,47,48);;;;/q-2;4*+1/p-2. The van der Waals surface area contributed by atoms with Gasteiger partial charge >= 0.3 is 124 Å². The minimum atomic E-state index is -4.95. The third-order valence-electron chi connectivity index (χ3n) is 8.83. The van der Waals surface area contributed by atoms with E-state index < -0.39 is 25.1 Å². The van der Waals surface area contributed by atoms with Crippen molar-refractivity contribution in [1.29, 1.82) is 0 Å². The van der Waals surface area contributed by atoms with Crippen molar-refractivity contribution < 1.29 is 154 Å². The number of nitrogens with one attached hydrogen (secondary N) is 2. The summed E-state index contributed by atoms with van der Waals surface area (Å²) in [6, 6.07) is 37.5. The van der Waals surface area contributed by atoms with E-state index in [1.165, 1.54) is 36.4 Å². The van der Waals surface area contributed by atoms with Gasteiger partial charge in [0.1, 0.15) is 32.5 Å². The Morgan fingerprint density at radius 3 is 1.72 bits per heavy atom. The fraction of sp³-hybridized carbons (Fsp3) is 0.0930. The van der Waals surface area contributed by atoms with Crippen LogP contribution in [0.3, 0.4) is 0 Å². The zero-order valence-electron chi connectivity index (χ0n) is 37.6. The third kappa shape index (κ3) is 16.7. The SMILES string of the molecule is Cc1cc(Nc2nc(Nc3ccc(-c4[c-]cc(N=Nc5ccc(S(=O)(=O)[O-])cc5)cc4)c(C)c3)nc(OCCO)n2)ccc1N=Nc1ccc(N=Nc2cc[c-]cc2)cc1S(=O)(=O)[O-].[Na+].[Na+].[Na+].[Na+]. The van der Waals surface area contributed by atoms with E-state index in [1.807, 2.05) is 31.2 Å². The Morgan fingerprint density at radius 2 is 1.15 bits per heavy atom. The third-order valence-corrected chi connectivity index (χ3v) is 10.5. The number of aliphatic hydroxyl groups is 1. The molecule has 0 amide bonds. The Bertz CT molecular complexity index is 3140. The first-order chi connectivity index (χ1) is 30.7. The van der Waals surface area contributed by atoms with E-state index in [4.69, 9.17) is 4.74 Å². The van der Waals surface area contributed by atoms with Crippen LogP contribution in [0.5, 0.6) is 6.01 Å². The van der Waals surface area contributed by atoms with E-state index in [2.05, 4.69) is 68.4 Å². The van der Waals surface area contributed by atoms with Crippen molar-refractivity contribution in [2.75, 3.05) is 23.8 Å². The molecule has 0 atom stereocenters. The number of benzene rings is 6. The van der Waals surface area contributed by atoms with E-state index in [1.54, 1.807) is 61.5 Å². The Morgan fingerprint density at radius 1 is 0.603 bits per heavy atom. The maximum absolute atomic E-state index is 12.1. The molecule has 0 aliphatic carbocycles. The molecule has 0 unspecified atom stereocenters.